The predicted molar refractivity (Wildman–Crippen MR) is 82.4 cm³/mol. The number of carbonyl (C=O) groups is 1. The Hall–Kier alpha value is -1.55. The van der Waals surface area contributed by atoms with E-state index < -0.39 is 6.10 Å². The summed E-state index contributed by atoms with van der Waals surface area (Å²) >= 11 is 0. The van der Waals surface area contributed by atoms with Crippen molar-refractivity contribution in [2.75, 3.05) is 13.7 Å². The molecule has 1 aliphatic rings. The largest absolute Gasteiger partial charge is 0.497 e. The van der Waals surface area contributed by atoms with E-state index in [1.54, 1.807) is 7.11 Å². The van der Waals surface area contributed by atoms with Gasteiger partial charge in [-0.2, -0.15) is 0 Å². The molecule has 2 N–H and O–H groups in total. The molecule has 1 saturated carbocycles. The van der Waals surface area contributed by atoms with E-state index in [1.807, 2.05) is 12.1 Å². The molecule has 0 aromatic heterocycles. The van der Waals surface area contributed by atoms with Gasteiger partial charge in [-0.25, -0.2) is 0 Å². The zero-order valence-electron chi connectivity index (χ0n) is 12.9. The minimum absolute atomic E-state index is 0.0188. The van der Waals surface area contributed by atoms with Crippen LogP contribution in [0.25, 0.3) is 0 Å². The zero-order valence-corrected chi connectivity index (χ0v) is 12.9. The number of rotatable bonds is 5. The maximum absolute atomic E-state index is 11.7. The number of carbonyl (C=O) groups excluding carboxylic acids is 1. The summed E-state index contributed by atoms with van der Waals surface area (Å²) in [5.74, 6) is 0.547. The van der Waals surface area contributed by atoms with Crippen molar-refractivity contribution >= 4 is 5.91 Å². The topological polar surface area (TPSA) is 58.6 Å². The molecule has 1 amide bonds. The van der Waals surface area contributed by atoms with Gasteiger partial charge in [-0.05, 0) is 37.5 Å². The smallest absolute Gasteiger partial charge is 0.248 e. The number of aliphatic hydroxyl groups is 1. The fourth-order valence-corrected chi connectivity index (χ4v) is 3.14. The molecule has 2 rings (SSSR count). The number of hydrogen-bond donors (Lipinski definition) is 2. The Labute approximate surface area is 126 Å². The van der Waals surface area contributed by atoms with Crippen molar-refractivity contribution in [2.45, 2.75) is 50.5 Å². The molecule has 0 unspecified atom stereocenters. The average molecular weight is 291 g/mol. The maximum Gasteiger partial charge on any atom is 0.248 e. The summed E-state index contributed by atoms with van der Waals surface area (Å²) < 4.78 is 5.22. The van der Waals surface area contributed by atoms with E-state index in [4.69, 9.17) is 4.74 Å². The fourth-order valence-electron chi connectivity index (χ4n) is 3.14. The molecular formula is C17H25NO3. The van der Waals surface area contributed by atoms with Gasteiger partial charge in [-0.3, -0.25) is 4.79 Å². The van der Waals surface area contributed by atoms with Crippen LogP contribution in [0.3, 0.4) is 0 Å². The molecule has 1 atom stereocenters. The van der Waals surface area contributed by atoms with E-state index in [0.717, 1.165) is 18.6 Å². The van der Waals surface area contributed by atoms with Crippen LogP contribution in [0.1, 0.15) is 44.6 Å². The van der Waals surface area contributed by atoms with Crippen LogP contribution in [-0.2, 0) is 10.2 Å². The highest BCUT2D eigenvalue weighted by Crippen LogP contribution is 2.39. The third kappa shape index (κ3) is 3.76. The number of hydrogen-bond acceptors (Lipinski definition) is 3. The lowest BCUT2D eigenvalue weighted by molar-refractivity contribution is -0.128. The molecule has 1 fully saturated rings. The Balaban J connectivity index is 2.17. The van der Waals surface area contributed by atoms with Crippen molar-refractivity contribution in [1.29, 1.82) is 0 Å². The first kappa shape index (κ1) is 15.8. The number of aliphatic hydroxyl groups excluding tert-OH is 1. The summed E-state index contributed by atoms with van der Waals surface area (Å²) in [5, 5.41) is 12.2. The molecule has 0 bridgehead atoms. The summed E-state index contributed by atoms with van der Waals surface area (Å²) in [6, 6.07) is 8.14. The molecular weight excluding hydrogens is 266 g/mol. The quantitative estimate of drug-likeness (QED) is 0.876. The van der Waals surface area contributed by atoms with Gasteiger partial charge in [0.1, 0.15) is 11.9 Å². The molecule has 116 valence electrons. The predicted octanol–water partition coefficient (Wildman–Crippen LogP) is 2.39. The second-order valence-electron chi connectivity index (χ2n) is 5.96. The molecule has 21 heavy (non-hydrogen) atoms. The lowest BCUT2D eigenvalue weighted by Crippen LogP contribution is -2.44. The van der Waals surface area contributed by atoms with E-state index in [-0.39, 0.29) is 11.3 Å². The Morgan fingerprint density at radius 1 is 1.29 bits per heavy atom. The molecule has 4 nitrogen and oxygen atoms in total. The summed E-state index contributed by atoms with van der Waals surface area (Å²) in [6.07, 6.45) is 4.79. The molecule has 1 aliphatic carbocycles. The van der Waals surface area contributed by atoms with Crippen LogP contribution in [0.15, 0.2) is 24.3 Å². The number of benzene rings is 1. The third-order valence-electron chi connectivity index (χ3n) is 4.49. The molecule has 0 saturated heterocycles. The van der Waals surface area contributed by atoms with Crippen molar-refractivity contribution in [3.63, 3.8) is 0 Å². The van der Waals surface area contributed by atoms with Crippen molar-refractivity contribution in [3.8, 4) is 5.75 Å². The van der Waals surface area contributed by atoms with Gasteiger partial charge in [0.15, 0.2) is 0 Å². The Bertz CT molecular complexity index is 461. The molecule has 0 aliphatic heterocycles. The van der Waals surface area contributed by atoms with Gasteiger partial charge >= 0.3 is 0 Å². The van der Waals surface area contributed by atoms with Gasteiger partial charge in [-0.15, -0.1) is 0 Å². The summed E-state index contributed by atoms with van der Waals surface area (Å²) in [4.78, 5) is 11.7. The number of nitrogens with one attached hydrogen (secondary N) is 1. The second kappa shape index (κ2) is 6.94. The van der Waals surface area contributed by atoms with Crippen LogP contribution in [0, 0.1) is 0 Å². The first-order chi connectivity index (χ1) is 10.1. The first-order valence-corrected chi connectivity index (χ1v) is 7.68. The number of methoxy groups -OCH3 is 1. The first-order valence-electron chi connectivity index (χ1n) is 7.68. The van der Waals surface area contributed by atoms with E-state index in [0.29, 0.717) is 6.54 Å². The standard InChI is InChI=1S/C17H25NO3/c1-13(19)16(20)18-12-17(10-4-3-5-11-17)14-6-8-15(21-2)9-7-14/h6-9,13,19H,3-5,10-12H2,1-2H3,(H,18,20)/t13-/m0/s1. The minimum atomic E-state index is -0.957. The van der Waals surface area contributed by atoms with E-state index >= 15 is 0 Å². The lowest BCUT2D eigenvalue weighted by Gasteiger charge is -2.38. The van der Waals surface area contributed by atoms with Gasteiger partial charge in [0, 0.05) is 12.0 Å². The maximum atomic E-state index is 11.7. The third-order valence-corrected chi connectivity index (χ3v) is 4.49. The normalized spacial score (nSPS) is 18.8. The van der Waals surface area contributed by atoms with Gasteiger partial charge < -0.3 is 15.2 Å². The lowest BCUT2D eigenvalue weighted by atomic mass is 9.69. The Kier molecular flexibility index (Phi) is 5.23. The highest BCUT2D eigenvalue weighted by atomic mass is 16.5. The second-order valence-corrected chi connectivity index (χ2v) is 5.96. The SMILES string of the molecule is COc1ccc(C2(CNC(=O)[C@H](C)O)CCCCC2)cc1. The molecule has 0 spiro atoms. The molecule has 1 aromatic carbocycles. The van der Waals surface area contributed by atoms with Gasteiger partial charge in [0.25, 0.3) is 0 Å². The van der Waals surface area contributed by atoms with Gasteiger partial charge in [0.05, 0.1) is 7.11 Å². The summed E-state index contributed by atoms with van der Waals surface area (Å²) in [6.45, 7) is 2.08. The molecule has 0 radical (unpaired) electrons. The van der Waals surface area contributed by atoms with E-state index in [2.05, 4.69) is 17.4 Å². The van der Waals surface area contributed by atoms with Crippen LogP contribution in [-0.4, -0.2) is 30.8 Å². The minimum Gasteiger partial charge on any atom is -0.497 e. The van der Waals surface area contributed by atoms with Crippen molar-refractivity contribution in [2.24, 2.45) is 0 Å². The fraction of sp³-hybridized carbons (Fsp3) is 0.588. The van der Waals surface area contributed by atoms with Crippen LogP contribution < -0.4 is 10.1 Å². The summed E-state index contributed by atoms with van der Waals surface area (Å²) in [5.41, 5.74) is 1.23. The zero-order chi connectivity index (χ0) is 15.3. The number of amides is 1. The van der Waals surface area contributed by atoms with Gasteiger partial charge in [0.2, 0.25) is 5.91 Å². The van der Waals surface area contributed by atoms with Crippen LogP contribution >= 0.6 is 0 Å². The molecule has 4 heteroatoms. The Morgan fingerprint density at radius 3 is 2.43 bits per heavy atom. The van der Waals surface area contributed by atoms with Crippen LogP contribution in [0.2, 0.25) is 0 Å². The van der Waals surface area contributed by atoms with Crippen molar-refractivity contribution in [3.05, 3.63) is 29.8 Å². The average Bonchev–Trinajstić information content (AvgIpc) is 2.53. The summed E-state index contributed by atoms with van der Waals surface area (Å²) in [7, 11) is 1.66. The molecule has 1 aromatic rings. The van der Waals surface area contributed by atoms with Crippen molar-refractivity contribution < 1.29 is 14.6 Å². The van der Waals surface area contributed by atoms with Crippen LogP contribution in [0.5, 0.6) is 5.75 Å². The van der Waals surface area contributed by atoms with E-state index in [1.165, 1.54) is 31.7 Å². The highest BCUT2D eigenvalue weighted by molar-refractivity contribution is 5.80. The number of ether oxygens (including phenoxy) is 1. The highest BCUT2D eigenvalue weighted by Gasteiger charge is 2.34. The Morgan fingerprint density at radius 2 is 1.90 bits per heavy atom. The van der Waals surface area contributed by atoms with Crippen molar-refractivity contribution in [1.82, 2.24) is 5.32 Å². The van der Waals surface area contributed by atoms with Crippen LogP contribution in [0.4, 0.5) is 0 Å². The monoisotopic (exact) mass is 291 g/mol. The van der Waals surface area contributed by atoms with E-state index in [9.17, 15) is 9.90 Å². The van der Waals surface area contributed by atoms with Gasteiger partial charge in [-0.1, -0.05) is 31.4 Å². The molecule has 0 heterocycles.